The van der Waals surface area contributed by atoms with Gasteiger partial charge in [-0.3, -0.25) is 14.7 Å². The van der Waals surface area contributed by atoms with Crippen LogP contribution in [0.2, 0.25) is 0 Å². The molecule has 9 heteroatoms. The zero-order valence-corrected chi connectivity index (χ0v) is 13.3. The first kappa shape index (κ1) is 16.5. The summed E-state index contributed by atoms with van der Waals surface area (Å²) in [6.45, 7) is -0.427. The minimum atomic E-state index is -2.76. The third kappa shape index (κ3) is 3.86. The summed E-state index contributed by atoms with van der Waals surface area (Å²) in [7, 11) is 3.90. The highest BCUT2D eigenvalue weighted by molar-refractivity contribution is 7.15. The molecule has 0 aliphatic carbocycles. The van der Waals surface area contributed by atoms with Crippen LogP contribution < -0.4 is 5.32 Å². The van der Waals surface area contributed by atoms with Crippen LogP contribution in [0.3, 0.4) is 0 Å². The molecule has 0 saturated carbocycles. The van der Waals surface area contributed by atoms with E-state index in [4.69, 9.17) is 0 Å². The number of likely N-dealkylation sites (N-methyl/N-ethyl adjacent to an activating group) is 1. The number of aromatic nitrogens is 3. The standard InChI is InChI=1S/C13H17F2N5OS/c1-8-4-5-9(20(8)12(14)15)11(21)16-13-18-17-10(22-13)6-7-19(2)3/h4-5,12H,6-7H2,1-3H3,(H,16,18,21). The Hall–Kier alpha value is -1.87. The molecule has 2 aromatic heterocycles. The summed E-state index contributed by atoms with van der Waals surface area (Å²) in [6, 6.07) is 2.84. The topological polar surface area (TPSA) is 63.1 Å². The van der Waals surface area contributed by atoms with Crippen LogP contribution in [0.4, 0.5) is 13.9 Å². The lowest BCUT2D eigenvalue weighted by atomic mass is 10.4. The van der Waals surface area contributed by atoms with Crippen molar-refractivity contribution < 1.29 is 13.6 Å². The van der Waals surface area contributed by atoms with Gasteiger partial charge in [0.2, 0.25) is 5.13 Å². The van der Waals surface area contributed by atoms with Crippen LogP contribution >= 0.6 is 11.3 Å². The summed E-state index contributed by atoms with van der Waals surface area (Å²) < 4.78 is 26.6. The highest BCUT2D eigenvalue weighted by Crippen LogP contribution is 2.21. The van der Waals surface area contributed by atoms with Crippen molar-refractivity contribution in [1.29, 1.82) is 0 Å². The largest absolute Gasteiger partial charge is 0.319 e. The van der Waals surface area contributed by atoms with Gasteiger partial charge in [-0.1, -0.05) is 11.3 Å². The first-order chi connectivity index (χ1) is 10.4. The minimum Gasteiger partial charge on any atom is -0.309 e. The van der Waals surface area contributed by atoms with Crippen LogP contribution in [-0.4, -0.2) is 46.2 Å². The van der Waals surface area contributed by atoms with Gasteiger partial charge in [-0.25, -0.2) is 0 Å². The van der Waals surface area contributed by atoms with Gasteiger partial charge in [-0.2, -0.15) is 8.78 Å². The van der Waals surface area contributed by atoms with Crippen LogP contribution in [0, 0.1) is 6.92 Å². The van der Waals surface area contributed by atoms with Gasteiger partial charge in [0.15, 0.2) is 0 Å². The molecule has 0 aliphatic heterocycles. The molecule has 0 spiro atoms. The smallest absolute Gasteiger partial charge is 0.309 e. The lowest BCUT2D eigenvalue weighted by Gasteiger charge is -2.09. The molecule has 0 unspecified atom stereocenters. The average molecular weight is 329 g/mol. The van der Waals surface area contributed by atoms with Gasteiger partial charge in [0.1, 0.15) is 10.7 Å². The van der Waals surface area contributed by atoms with Crippen molar-refractivity contribution in [2.75, 3.05) is 26.0 Å². The van der Waals surface area contributed by atoms with Crippen molar-refractivity contribution >= 4 is 22.4 Å². The van der Waals surface area contributed by atoms with E-state index >= 15 is 0 Å². The number of nitrogens with one attached hydrogen (secondary N) is 1. The van der Waals surface area contributed by atoms with Gasteiger partial charge in [-0.15, -0.1) is 10.2 Å². The molecule has 0 bridgehead atoms. The van der Waals surface area contributed by atoms with E-state index in [1.54, 1.807) is 0 Å². The predicted octanol–water partition coefficient (Wildman–Crippen LogP) is 2.40. The van der Waals surface area contributed by atoms with Crippen molar-refractivity contribution in [2.24, 2.45) is 0 Å². The van der Waals surface area contributed by atoms with Gasteiger partial charge in [0.05, 0.1) is 0 Å². The van der Waals surface area contributed by atoms with E-state index in [1.807, 2.05) is 19.0 Å². The summed E-state index contributed by atoms with van der Waals surface area (Å²) in [4.78, 5) is 14.1. The zero-order chi connectivity index (χ0) is 16.3. The second-order valence-electron chi connectivity index (χ2n) is 5.02. The summed E-state index contributed by atoms with van der Waals surface area (Å²) in [5.74, 6) is -0.622. The van der Waals surface area contributed by atoms with Crippen molar-refractivity contribution in [3.63, 3.8) is 0 Å². The van der Waals surface area contributed by atoms with Crippen molar-refractivity contribution in [3.8, 4) is 0 Å². The summed E-state index contributed by atoms with van der Waals surface area (Å²) >= 11 is 1.24. The molecule has 22 heavy (non-hydrogen) atoms. The molecule has 0 aromatic carbocycles. The molecular formula is C13H17F2N5OS. The van der Waals surface area contributed by atoms with Crippen LogP contribution in [-0.2, 0) is 6.42 Å². The predicted molar refractivity (Wildman–Crippen MR) is 80.5 cm³/mol. The van der Waals surface area contributed by atoms with Gasteiger partial charge in [-0.05, 0) is 33.2 Å². The van der Waals surface area contributed by atoms with Gasteiger partial charge < -0.3 is 4.90 Å². The number of rotatable bonds is 6. The Morgan fingerprint density at radius 2 is 2.14 bits per heavy atom. The van der Waals surface area contributed by atoms with Gasteiger partial charge >= 0.3 is 6.55 Å². The Morgan fingerprint density at radius 1 is 1.41 bits per heavy atom. The van der Waals surface area contributed by atoms with Crippen LogP contribution in [0.25, 0.3) is 0 Å². The Morgan fingerprint density at radius 3 is 2.77 bits per heavy atom. The number of halogens is 2. The molecule has 2 aromatic rings. The third-order valence-electron chi connectivity index (χ3n) is 3.01. The van der Waals surface area contributed by atoms with Crippen LogP contribution in [0.5, 0.6) is 0 Å². The highest BCUT2D eigenvalue weighted by Gasteiger charge is 2.20. The molecule has 0 radical (unpaired) electrons. The molecule has 6 nitrogen and oxygen atoms in total. The lowest BCUT2D eigenvalue weighted by molar-refractivity contribution is 0.0632. The number of amides is 1. The van der Waals surface area contributed by atoms with Crippen LogP contribution in [0.1, 0.15) is 27.7 Å². The number of alkyl halides is 2. The molecule has 0 saturated heterocycles. The quantitative estimate of drug-likeness (QED) is 0.884. The van der Waals surface area contributed by atoms with E-state index in [0.717, 1.165) is 11.6 Å². The van der Waals surface area contributed by atoms with Crippen LogP contribution in [0.15, 0.2) is 12.1 Å². The van der Waals surface area contributed by atoms with E-state index in [9.17, 15) is 13.6 Å². The number of hydrogen-bond acceptors (Lipinski definition) is 5. The van der Waals surface area contributed by atoms with E-state index in [0.29, 0.717) is 21.8 Å². The zero-order valence-electron chi connectivity index (χ0n) is 12.5. The Balaban J connectivity index is 2.06. The highest BCUT2D eigenvalue weighted by atomic mass is 32.1. The van der Waals surface area contributed by atoms with E-state index in [1.165, 1.54) is 30.4 Å². The summed E-state index contributed by atoms with van der Waals surface area (Å²) in [5.41, 5.74) is 0.224. The molecule has 0 atom stereocenters. The molecule has 1 amide bonds. The molecule has 1 N–H and O–H groups in total. The number of carbonyl (C=O) groups excluding carboxylic acids is 1. The maximum absolute atomic E-state index is 13.0. The minimum absolute atomic E-state index is 0.0995. The molecule has 2 rings (SSSR count). The van der Waals surface area contributed by atoms with E-state index in [-0.39, 0.29) is 5.69 Å². The Kier molecular flexibility index (Phi) is 5.19. The molecule has 0 fully saturated rings. The number of aryl methyl sites for hydroxylation is 1. The number of anilines is 1. The fraction of sp³-hybridized carbons (Fsp3) is 0.462. The second-order valence-corrected chi connectivity index (χ2v) is 6.08. The normalized spacial score (nSPS) is 11.4. The molecular weight excluding hydrogens is 312 g/mol. The Labute approximate surface area is 130 Å². The number of carbonyl (C=O) groups is 1. The molecule has 2 heterocycles. The van der Waals surface area contributed by atoms with Crippen molar-refractivity contribution in [1.82, 2.24) is 19.7 Å². The average Bonchev–Trinajstić information content (AvgIpc) is 3.02. The summed E-state index contributed by atoms with van der Waals surface area (Å²) in [6.07, 6.45) is 0.715. The maximum Gasteiger partial charge on any atom is 0.319 e. The number of hydrogen-bond donors (Lipinski definition) is 1. The maximum atomic E-state index is 13.0. The first-order valence-electron chi connectivity index (χ1n) is 6.63. The lowest BCUT2D eigenvalue weighted by Crippen LogP contribution is -2.18. The van der Waals surface area contributed by atoms with Gasteiger partial charge in [0, 0.05) is 18.7 Å². The monoisotopic (exact) mass is 329 g/mol. The third-order valence-corrected chi connectivity index (χ3v) is 3.91. The SMILES string of the molecule is Cc1ccc(C(=O)Nc2nnc(CCN(C)C)s2)n1C(F)F. The first-order valence-corrected chi connectivity index (χ1v) is 7.44. The van der Waals surface area contributed by atoms with Crippen molar-refractivity contribution in [2.45, 2.75) is 19.9 Å². The van der Waals surface area contributed by atoms with E-state index in [2.05, 4.69) is 15.5 Å². The molecule has 0 aliphatic rings. The fourth-order valence-corrected chi connectivity index (χ4v) is 2.60. The molecule has 120 valence electrons. The van der Waals surface area contributed by atoms with E-state index < -0.39 is 12.5 Å². The van der Waals surface area contributed by atoms with Crippen molar-refractivity contribution in [3.05, 3.63) is 28.5 Å². The Bertz CT molecular complexity index is 653. The fourth-order valence-electron chi connectivity index (χ4n) is 1.88. The van der Waals surface area contributed by atoms with Gasteiger partial charge in [0.25, 0.3) is 5.91 Å². The summed E-state index contributed by atoms with van der Waals surface area (Å²) in [5, 5.41) is 11.4. The second kappa shape index (κ2) is 6.93. The number of nitrogens with zero attached hydrogens (tertiary/aromatic N) is 4.